The van der Waals surface area contributed by atoms with Crippen LogP contribution in [0, 0.1) is 5.92 Å². The molecule has 1 aliphatic rings. The number of nitrogens with one attached hydrogen (secondary N) is 1. The highest BCUT2D eigenvalue weighted by Gasteiger charge is 2.34. The van der Waals surface area contributed by atoms with Crippen molar-refractivity contribution in [1.29, 1.82) is 0 Å². The summed E-state index contributed by atoms with van der Waals surface area (Å²) >= 11 is 0. The van der Waals surface area contributed by atoms with Gasteiger partial charge in [0.25, 0.3) is 0 Å². The topological polar surface area (TPSA) is 87.8 Å². The second kappa shape index (κ2) is 6.60. The molecule has 16 heavy (non-hydrogen) atoms. The summed E-state index contributed by atoms with van der Waals surface area (Å²) in [6.07, 6.45) is 0. The maximum absolute atomic E-state index is 11.4. The van der Waals surface area contributed by atoms with E-state index in [9.17, 15) is 8.42 Å². The summed E-state index contributed by atoms with van der Waals surface area (Å²) in [4.78, 5) is 3.75. The van der Waals surface area contributed by atoms with E-state index in [0.717, 1.165) is 0 Å². The van der Waals surface area contributed by atoms with Gasteiger partial charge in [0.05, 0.1) is 5.75 Å². The fourth-order valence-corrected chi connectivity index (χ4v) is 2.63. The SMILES string of the molecule is CCS(=O)(=O)N1CC(CNC(N)=NC)C1.I. The standard InChI is InChI=1S/C8H18N4O2S.HI/c1-3-15(13,14)12-5-7(6-12)4-11-8(9)10-2;/h7H,3-6H2,1-2H3,(H3,9,10,11);1H. The summed E-state index contributed by atoms with van der Waals surface area (Å²) in [5.41, 5.74) is 5.45. The van der Waals surface area contributed by atoms with E-state index < -0.39 is 10.0 Å². The minimum Gasteiger partial charge on any atom is -0.370 e. The van der Waals surface area contributed by atoms with Gasteiger partial charge in [-0.1, -0.05) is 0 Å². The zero-order chi connectivity index (χ0) is 11.5. The van der Waals surface area contributed by atoms with Crippen LogP contribution in [0.15, 0.2) is 4.99 Å². The van der Waals surface area contributed by atoms with Crippen LogP contribution in [-0.4, -0.2) is 51.1 Å². The smallest absolute Gasteiger partial charge is 0.213 e. The molecule has 0 aromatic rings. The highest BCUT2D eigenvalue weighted by Crippen LogP contribution is 2.18. The van der Waals surface area contributed by atoms with Gasteiger partial charge >= 0.3 is 0 Å². The van der Waals surface area contributed by atoms with Crippen molar-refractivity contribution in [1.82, 2.24) is 9.62 Å². The molecule has 0 unspecified atom stereocenters. The van der Waals surface area contributed by atoms with E-state index >= 15 is 0 Å². The fourth-order valence-electron chi connectivity index (χ4n) is 1.39. The molecule has 1 aliphatic heterocycles. The summed E-state index contributed by atoms with van der Waals surface area (Å²) < 4.78 is 24.3. The Balaban J connectivity index is 0.00000225. The van der Waals surface area contributed by atoms with Crippen molar-refractivity contribution in [2.45, 2.75) is 6.92 Å². The van der Waals surface area contributed by atoms with Crippen LogP contribution in [0.25, 0.3) is 0 Å². The molecule has 1 saturated heterocycles. The van der Waals surface area contributed by atoms with Crippen molar-refractivity contribution in [2.24, 2.45) is 16.6 Å². The summed E-state index contributed by atoms with van der Waals surface area (Å²) in [6.45, 7) is 3.50. The van der Waals surface area contributed by atoms with E-state index in [2.05, 4.69) is 10.3 Å². The Bertz CT molecular complexity index is 338. The Kier molecular flexibility index (Phi) is 6.56. The number of sulfonamides is 1. The normalized spacial score (nSPS) is 18.8. The Labute approximate surface area is 114 Å². The third kappa shape index (κ3) is 4.06. The van der Waals surface area contributed by atoms with Crippen molar-refractivity contribution >= 4 is 40.0 Å². The molecule has 0 saturated carbocycles. The van der Waals surface area contributed by atoms with Crippen LogP contribution in [0.3, 0.4) is 0 Å². The van der Waals surface area contributed by atoms with Crippen LogP contribution in [-0.2, 0) is 10.0 Å². The summed E-state index contributed by atoms with van der Waals surface area (Å²) in [5.74, 6) is 0.907. The first-order valence-corrected chi connectivity index (χ1v) is 6.54. The van der Waals surface area contributed by atoms with Gasteiger partial charge in [-0.3, -0.25) is 4.99 Å². The van der Waals surface area contributed by atoms with Gasteiger partial charge in [0.1, 0.15) is 0 Å². The second-order valence-electron chi connectivity index (χ2n) is 3.57. The van der Waals surface area contributed by atoms with Gasteiger partial charge in [-0.15, -0.1) is 24.0 Å². The molecule has 0 aromatic heterocycles. The highest BCUT2D eigenvalue weighted by atomic mass is 127. The summed E-state index contributed by atoms with van der Waals surface area (Å²) in [7, 11) is -1.39. The number of halogens is 1. The highest BCUT2D eigenvalue weighted by molar-refractivity contribution is 14.0. The zero-order valence-electron chi connectivity index (χ0n) is 9.51. The maximum Gasteiger partial charge on any atom is 0.213 e. The Morgan fingerprint density at radius 3 is 2.56 bits per heavy atom. The van der Waals surface area contributed by atoms with Crippen LogP contribution in [0.2, 0.25) is 0 Å². The van der Waals surface area contributed by atoms with Crippen molar-refractivity contribution in [2.75, 3.05) is 32.4 Å². The summed E-state index contributed by atoms with van der Waals surface area (Å²) in [5, 5.41) is 2.93. The van der Waals surface area contributed by atoms with Crippen LogP contribution in [0.5, 0.6) is 0 Å². The number of hydrogen-bond donors (Lipinski definition) is 2. The molecule has 0 spiro atoms. The molecule has 0 bridgehead atoms. The average molecular weight is 362 g/mol. The number of hydrogen-bond acceptors (Lipinski definition) is 3. The first kappa shape index (κ1) is 15.9. The third-order valence-corrected chi connectivity index (χ3v) is 4.31. The average Bonchev–Trinajstić information content (AvgIpc) is 2.14. The Morgan fingerprint density at radius 1 is 1.56 bits per heavy atom. The monoisotopic (exact) mass is 362 g/mol. The molecule has 0 aromatic carbocycles. The van der Waals surface area contributed by atoms with Crippen LogP contribution in [0.4, 0.5) is 0 Å². The Hall–Kier alpha value is -0.0900. The van der Waals surface area contributed by atoms with Gasteiger partial charge in [-0.05, 0) is 6.92 Å². The van der Waals surface area contributed by atoms with E-state index in [-0.39, 0.29) is 29.7 Å². The van der Waals surface area contributed by atoms with Gasteiger partial charge < -0.3 is 11.1 Å². The Morgan fingerprint density at radius 2 is 2.12 bits per heavy atom. The van der Waals surface area contributed by atoms with E-state index in [1.807, 2.05) is 0 Å². The van der Waals surface area contributed by atoms with Gasteiger partial charge in [-0.25, -0.2) is 12.7 Å². The van der Waals surface area contributed by atoms with Crippen LogP contribution in [0.1, 0.15) is 6.92 Å². The molecule has 3 N–H and O–H groups in total. The number of aliphatic imine (C=N–C) groups is 1. The molecule has 0 radical (unpaired) electrons. The largest absolute Gasteiger partial charge is 0.370 e. The molecular formula is C8H19IN4O2S. The van der Waals surface area contributed by atoms with Gasteiger partial charge in [0.15, 0.2) is 5.96 Å². The lowest BCUT2D eigenvalue weighted by Gasteiger charge is -2.37. The quantitative estimate of drug-likeness (QED) is 0.398. The lowest BCUT2D eigenvalue weighted by molar-refractivity contribution is 0.202. The maximum atomic E-state index is 11.4. The van der Waals surface area contributed by atoms with Crippen LogP contribution < -0.4 is 11.1 Å². The lowest BCUT2D eigenvalue weighted by Crippen LogP contribution is -2.54. The van der Waals surface area contributed by atoms with Gasteiger partial charge in [-0.2, -0.15) is 0 Å². The minimum absolute atomic E-state index is 0. The second-order valence-corrected chi connectivity index (χ2v) is 5.83. The number of rotatable bonds is 4. The molecule has 0 atom stereocenters. The third-order valence-electron chi connectivity index (χ3n) is 2.49. The van der Waals surface area contributed by atoms with E-state index in [1.54, 1.807) is 14.0 Å². The molecule has 1 fully saturated rings. The van der Waals surface area contributed by atoms with Crippen molar-refractivity contribution in [3.63, 3.8) is 0 Å². The van der Waals surface area contributed by atoms with E-state index in [4.69, 9.17) is 5.73 Å². The van der Waals surface area contributed by atoms with E-state index in [1.165, 1.54) is 4.31 Å². The molecule has 1 heterocycles. The first-order chi connectivity index (χ1) is 6.99. The molecule has 6 nitrogen and oxygen atoms in total. The predicted molar refractivity (Wildman–Crippen MR) is 75.5 cm³/mol. The summed E-state index contributed by atoms with van der Waals surface area (Å²) in [6, 6.07) is 0. The van der Waals surface area contributed by atoms with Crippen LogP contribution >= 0.6 is 24.0 Å². The van der Waals surface area contributed by atoms with Crippen molar-refractivity contribution in [3.05, 3.63) is 0 Å². The molecule has 0 amide bonds. The van der Waals surface area contributed by atoms with Gasteiger partial charge in [0, 0.05) is 32.6 Å². The lowest BCUT2D eigenvalue weighted by atomic mass is 10.0. The number of guanidine groups is 1. The fraction of sp³-hybridized carbons (Fsp3) is 0.875. The molecule has 0 aliphatic carbocycles. The molecule has 1 rings (SSSR count). The minimum atomic E-state index is -2.99. The molecular weight excluding hydrogens is 343 g/mol. The zero-order valence-corrected chi connectivity index (χ0v) is 12.7. The predicted octanol–water partition coefficient (Wildman–Crippen LogP) is -0.580. The molecule has 96 valence electrons. The van der Waals surface area contributed by atoms with E-state index in [0.29, 0.717) is 31.5 Å². The van der Waals surface area contributed by atoms with Crippen molar-refractivity contribution in [3.8, 4) is 0 Å². The van der Waals surface area contributed by atoms with Crippen molar-refractivity contribution < 1.29 is 8.42 Å². The first-order valence-electron chi connectivity index (χ1n) is 4.93. The number of nitrogens with two attached hydrogens (primary N) is 1. The number of nitrogens with zero attached hydrogens (tertiary/aromatic N) is 2. The molecule has 8 heteroatoms. The van der Waals surface area contributed by atoms with Gasteiger partial charge in [0.2, 0.25) is 10.0 Å².